The van der Waals surface area contributed by atoms with E-state index in [1.165, 1.54) is 12.1 Å². The lowest BCUT2D eigenvalue weighted by Crippen LogP contribution is -2.01. The van der Waals surface area contributed by atoms with Crippen LogP contribution in [0.25, 0.3) is 10.9 Å². The first-order valence-corrected chi connectivity index (χ1v) is 6.20. The highest BCUT2D eigenvalue weighted by atomic mass is 19.1. The van der Waals surface area contributed by atoms with Crippen molar-refractivity contribution >= 4 is 16.6 Å². The SMILES string of the molecule is N#Cc1cc(F)cc(Cn2ccc3cccc(N)c32)c1. The number of nitrogens with two attached hydrogens (primary N) is 1. The molecule has 0 aliphatic carbocycles. The number of halogens is 1. The molecular weight excluding hydrogens is 253 g/mol. The van der Waals surface area contributed by atoms with Gasteiger partial charge in [0, 0.05) is 18.1 Å². The number of anilines is 1. The van der Waals surface area contributed by atoms with Crippen LogP contribution in [0.2, 0.25) is 0 Å². The molecule has 0 spiro atoms. The van der Waals surface area contributed by atoms with Crippen LogP contribution in [0.15, 0.2) is 48.7 Å². The van der Waals surface area contributed by atoms with Crippen LogP contribution < -0.4 is 5.73 Å². The molecule has 0 unspecified atom stereocenters. The first-order valence-electron chi connectivity index (χ1n) is 6.20. The third-order valence-electron chi connectivity index (χ3n) is 3.26. The molecule has 1 aromatic heterocycles. The van der Waals surface area contributed by atoms with E-state index in [2.05, 4.69) is 0 Å². The van der Waals surface area contributed by atoms with E-state index in [1.807, 2.05) is 41.1 Å². The van der Waals surface area contributed by atoms with E-state index in [-0.39, 0.29) is 0 Å². The summed E-state index contributed by atoms with van der Waals surface area (Å²) in [6.45, 7) is 0.476. The lowest BCUT2D eigenvalue weighted by atomic mass is 10.1. The number of fused-ring (bicyclic) bond motifs is 1. The average molecular weight is 265 g/mol. The lowest BCUT2D eigenvalue weighted by Gasteiger charge is -2.08. The zero-order chi connectivity index (χ0) is 14.1. The molecule has 20 heavy (non-hydrogen) atoms. The molecule has 2 N–H and O–H groups in total. The summed E-state index contributed by atoms with van der Waals surface area (Å²) in [6.07, 6.45) is 1.91. The first-order chi connectivity index (χ1) is 9.67. The summed E-state index contributed by atoms with van der Waals surface area (Å²) in [5, 5.41) is 9.93. The zero-order valence-corrected chi connectivity index (χ0v) is 10.7. The van der Waals surface area contributed by atoms with E-state index in [0.29, 0.717) is 17.8 Å². The average Bonchev–Trinajstić information content (AvgIpc) is 2.82. The van der Waals surface area contributed by atoms with E-state index in [1.54, 1.807) is 6.07 Å². The number of rotatable bonds is 2. The van der Waals surface area contributed by atoms with Gasteiger partial charge in [-0.2, -0.15) is 5.26 Å². The molecule has 0 saturated heterocycles. The summed E-state index contributed by atoms with van der Waals surface area (Å²) in [5.41, 5.74) is 8.67. The van der Waals surface area contributed by atoms with Crippen molar-refractivity contribution in [2.45, 2.75) is 6.54 Å². The fourth-order valence-electron chi connectivity index (χ4n) is 2.43. The molecule has 0 saturated carbocycles. The number of nitriles is 1. The van der Waals surface area contributed by atoms with E-state index < -0.39 is 5.82 Å². The van der Waals surface area contributed by atoms with Crippen molar-refractivity contribution in [3.63, 3.8) is 0 Å². The van der Waals surface area contributed by atoms with Gasteiger partial charge in [-0.1, -0.05) is 12.1 Å². The maximum Gasteiger partial charge on any atom is 0.124 e. The maximum absolute atomic E-state index is 13.5. The van der Waals surface area contributed by atoms with Gasteiger partial charge in [0.25, 0.3) is 0 Å². The molecule has 0 aliphatic rings. The second-order valence-electron chi connectivity index (χ2n) is 4.69. The summed E-state index contributed by atoms with van der Waals surface area (Å²) in [7, 11) is 0. The van der Waals surface area contributed by atoms with Crippen molar-refractivity contribution in [1.82, 2.24) is 4.57 Å². The Labute approximate surface area is 115 Å². The lowest BCUT2D eigenvalue weighted by molar-refractivity contribution is 0.623. The fourth-order valence-corrected chi connectivity index (χ4v) is 2.43. The summed E-state index contributed by atoms with van der Waals surface area (Å²) >= 11 is 0. The van der Waals surface area contributed by atoms with Crippen LogP contribution in [0.4, 0.5) is 10.1 Å². The molecular formula is C16H12FN3. The van der Waals surface area contributed by atoms with E-state index in [9.17, 15) is 4.39 Å². The molecule has 98 valence electrons. The van der Waals surface area contributed by atoms with Gasteiger partial charge in [0.15, 0.2) is 0 Å². The molecule has 0 bridgehead atoms. The largest absolute Gasteiger partial charge is 0.397 e. The summed E-state index contributed by atoms with van der Waals surface area (Å²) < 4.78 is 15.4. The highest BCUT2D eigenvalue weighted by Crippen LogP contribution is 2.23. The Morgan fingerprint density at radius 1 is 1.20 bits per heavy atom. The van der Waals surface area contributed by atoms with Crippen LogP contribution >= 0.6 is 0 Å². The Kier molecular flexibility index (Phi) is 2.88. The Bertz CT molecular complexity index is 827. The number of nitrogen functional groups attached to an aromatic ring is 1. The van der Waals surface area contributed by atoms with Gasteiger partial charge in [-0.25, -0.2) is 4.39 Å². The van der Waals surface area contributed by atoms with Crippen molar-refractivity contribution in [2.75, 3.05) is 5.73 Å². The van der Waals surface area contributed by atoms with Crippen LogP contribution in [-0.2, 0) is 6.54 Å². The minimum absolute atomic E-state index is 0.324. The second kappa shape index (κ2) is 4.71. The zero-order valence-electron chi connectivity index (χ0n) is 10.7. The highest BCUT2D eigenvalue weighted by Gasteiger charge is 2.06. The van der Waals surface area contributed by atoms with Crippen molar-refractivity contribution in [1.29, 1.82) is 5.26 Å². The fraction of sp³-hybridized carbons (Fsp3) is 0.0625. The monoisotopic (exact) mass is 265 g/mol. The van der Waals surface area contributed by atoms with Crippen molar-refractivity contribution in [3.8, 4) is 6.07 Å². The van der Waals surface area contributed by atoms with Crippen molar-refractivity contribution in [3.05, 3.63) is 65.6 Å². The standard InChI is InChI=1S/C16H12FN3/c17-14-7-11(9-18)6-12(8-14)10-20-5-4-13-2-1-3-15(19)16(13)20/h1-8H,10,19H2. The molecule has 3 nitrogen and oxygen atoms in total. The van der Waals surface area contributed by atoms with E-state index in [0.717, 1.165) is 16.5 Å². The van der Waals surface area contributed by atoms with Gasteiger partial charge in [0.2, 0.25) is 0 Å². The molecule has 0 amide bonds. The minimum atomic E-state index is -0.400. The van der Waals surface area contributed by atoms with Crippen molar-refractivity contribution in [2.24, 2.45) is 0 Å². The predicted molar refractivity (Wildman–Crippen MR) is 76.6 cm³/mol. The maximum atomic E-state index is 13.5. The van der Waals surface area contributed by atoms with E-state index in [4.69, 9.17) is 11.0 Å². The van der Waals surface area contributed by atoms with Gasteiger partial charge in [0.05, 0.1) is 22.8 Å². The summed E-state index contributed by atoms with van der Waals surface area (Å²) in [6, 6.07) is 14.0. The van der Waals surface area contributed by atoms with Gasteiger partial charge in [0.1, 0.15) is 5.82 Å². The topological polar surface area (TPSA) is 54.7 Å². The van der Waals surface area contributed by atoms with Crippen molar-refractivity contribution < 1.29 is 4.39 Å². The van der Waals surface area contributed by atoms with Gasteiger partial charge in [-0.05, 0) is 35.9 Å². The molecule has 0 fully saturated rings. The molecule has 1 heterocycles. The Hall–Kier alpha value is -2.80. The van der Waals surface area contributed by atoms with Gasteiger partial charge in [-0.3, -0.25) is 0 Å². The van der Waals surface area contributed by atoms with Crippen LogP contribution in [0.1, 0.15) is 11.1 Å². The number of hydrogen-bond acceptors (Lipinski definition) is 2. The van der Waals surface area contributed by atoms with Gasteiger partial charge >= 0.3 is 0 Å². The number of para-hydroxylation sites is 1. The second-order valence-corrected chi connectivity index (χ2v) is 4.69. The smallest absolute Gasteiger partial charge is 0.124 e. The van der Waals surface area contributed by atoms with Gasteiger partial charge in [-0.15, -0.1) is 0 Å². The van der Waals surface area contributed by atoms with Crippen LogP contribution in [0.5, 0.6) is 0 Å². The van der Waals surface area contributed by atoms with Crippen LogP contribution in [-0.4, -0.2) is 4.57 Å². The number of hydrogen-bond donors (Lipinski definition) is 1. The first kappa shape index (κ1) is 12.2. The third-order valence-corrected chi connectivity index (χ3v) is 3.26. The molecule has 4 heteroatoms. The molecule has 3 rings (SSSR count). The minimum Gasteiger partial charge on any atom is -0.397 e. The van der Waals surface area contributed by atoms with Crippen LogP contribution in [0.3, 0.4) is 0 Å². The summed E-state index contributed by atoms with van der Waals surface area (Å²) in [5.74, 6) is -0.400. The molecule has 0 radical (unpaired) electrons. The third kappa shape index (κ3) is 2.10. The van der Waals surface area contributed by atoms with Crippen LogP contribution in [0, 0.1) is 17.1 Å². The summed E-state index contributed by atoms with van der Waals surface area (Å²) in [4.78, 5) is 0. The predicted octanol–water partition coefficient (Wildman–Crippen LogP) is 3.28. The normalized spacial score (nSPS) is 10.6. The molecule has 0 atom stereocenters. The number of benzene rings is 2. The number of aromatic nitrogens is 1. The van der Waals surface area contributed by atoms with Gasteiger partial charge < -0.3 is 10.3 Å². The molecule has 2 aromatic carbocycles. The Morgan fingerprint density at radius 3 is 2.85 bits per heavy atom. The quantitative estimate of drug-likeness (QED) is 0.723. The molecule has 3 aromatic rings. The number of nitrogens with zero attached hydrogens (tertiary/aromatic N) is 2. The Balaban J connectivity index is 2.06. The Morgan fingerprint density at radius 2 is 2.05 bits per heavy atom. The van der Waals surface area contributed by atoms with E-state index >= 15 is 0 Å². The highest BCUT2D eigenvalue weighted by molar-refractivity contribution is 5.90. The molecule has 0 aliphatic heterocycles.